The molecule has 1 aromatic rings. The Morgan fingerprint density at radius 3 is 2.52 bits per heavy atom. The van der Waals surface area contributed by atoms with Crippen molar-refractivity contribution < 1.29 is 13.3 Å². The number of hydrogen-bond donors (Lipinski definition) is 2. The van der Waals surface area contributed by atoms with Gasteiger partial charge in [-0.2, -0.15) is 0 Å². The summed E-state index contributed by atoms with van der Waals surface area (Å²) in [6, 6.07) is 3.82. The first-order valence-corrected chi connectivity index (χ1v) is 8.32. The van der Waals surface area contributed by atoms with Crippen molar-refractivity contribution >= 4 is 21.4 Å². The summed E-state index contributed by atoms with van der Waals surface area (Å²) in [4.78, 5) is 10.2. The maximum absolute atomic E-state index is 12.5. The number of nitro groups is 1. The topological polar surface area (TPSA) is 101 Å². The maximum Gasteiger partial charge on any atom is 0.270 e. The zero-order valence-electron chi connectivity index (χ0n) is 12.0. The van der Waals surface area contributed by atoms with Crippen LogP contribution >= 0.6 is 0 Å². The number of nitrogens with zero attached hydrogens (tertiary/aromatic N) is 1. The molecule has 0 aliphatic heterocycles. The first-order valence-electron chi connectivity index (χ1n) is 6.84. The van der Waals surface area contributed by atoms with Gasteiger partial charge in [0.2, 0.25) is 10.0 Å². The van der Waals surface area contributed by atoms with Crippen molar-refractivity contribution in [3.05, 3.63) is 28.3 Å². The van der Waals surface area contributed by atoms with Crippen LogP contribution in [0.3, 0.4) is 0 Å². The van der Waals surface area contributed by atoms with Gasteiger partial charge in [0.05, 0.1) is 10.6 Å². The Labute approximate surface area is 123 Å². The van der Waals surface area contributed by atoms with Crippen LogP contribution in [0.1, 0.15) is 33.1 Å². The minimum absolute atomic E-state index is 0.0772. The molecule has 0 saturated heterocycles. The summed E-state index contributed by atoms with van der Waals surface area (Å²) < 4.78 is 27.7. The number of hydrogen-bond acceptors (Lipinski definition) is 5. The number of nitro benzene ring substituents is 1. The standard InChI is InChI=1S/C13H19N3O4S/c1-3-14-11-6-5-10(16(17)18)9-12(11)21(19,20)15-13(2)7-4-8-13/h5-6,9,14-15H,3-4,7-8H2,1-2H3. The highest BCUT2D eigenvalue weighted by Gasteiger charge is 2.37. The van der Waals surface area contributed by atoms with E-state index >= 15 is 0 Å². The van der Waals surface area contributed by atoms with Gasteiger partial charge in [0, 0.05) is 24.2 Å². The summed E-state index contributed by atoms with van der Waals surface area (Å²) >= 11 is 0. The van der Waals surface area contributed by atoms with Crippen LogP contribution in [-0.2, 0) is 10.0 Å². The number of rotatable bonds is 6. The molecule has 0 unspecified atom stereocenters. The molecule has 1 aromatic carbocycles. The van der Waals surface area contributed by atoms with Crippen LogP contribution in [0.4, 0.5) is 11.4 Å². The van der Waals surface area contributed by atoms with Crippen LogP contribution in [-0.4, -0.2) is 25.4 Å². The SMILES string of the molecule is CCNc1ccc([N+](=O)[O-])cc1S(=O)(=O)NC1(C)CCC1. The maximum atomic E-state index is 12.5. The van der Waals surface area contributed by atoms with E-state index < -0.39 is 20.5 Å². The van der Waals surface area contributed by atoms with Crippen LogP contribution in [0.15, 0.2) is 23.1 Å². The van der Waals surface area contributed by atoms with Crippen molar-refractivity contribution in [1.29, 1.82) is 0 Å². The van der Waals surface area contributed by atoms with Crippen LogP contribution in [0.5, 0.6) is 0 Å². The van der Waals surface area contributed by atoms with E-state index in [4.69, 9.17) is 0 Å². The van der Waals surface area contributed by atoms with E-state index in [0.717, 1.165) is 25.3 Å². The van der Waals surface area contributed by atoms with E-state index in [1.54, 1.807) is 0 Å². The molecule has 1 fully saturated rings. The second kappa shape index (κ2) is 5.61. The zero-order chi connectivity index (χ0) is 15.7. The molecule has 2 N–H and O–H groups in total. The van der Waals surface area contributed by atoms with Crippen molar-refractivity contribution in [2.45, 2.75) is 43.5 Å². The number of sulfonamides is 1. The fourth-order valence-electron chi connectivity index (χ4n) is 2.37. The van der Waals surface area contributed by atoms with Gasteiger partial charge < -0.3 is 5.32 Å². The fraction of sp³-hybridized carbons (Fsp3) is 0.538. The van der Waals surface area contributed by atoms with Gasteiger partial charge in [-0.25, -0.2) is 13.1 Å². The van der Waals surface area contributed by atoms with Gasteiger partial charge in [0.1, 0.15) is 4.90 Å². The third kappa shape index (κ3) is 3.33. The third-order valence-electron chi connectivity index (χ3n) is 3.67. The van der Waals surface area contributed by atoms with Crippen LogP contribution < -0.4 is 10.0 Å². The van der Waals surface area contributed by atoms with Gasteiger partial charge in [-0.3, -0.25) is 10.1 Å². The molecule has 8 heteroatoms. The third-order valence-corrected chi connectivity index (χ3v) is 5.35. The smallest absolute Gasteiger partial charge is 0.270 e. The molecule has 1 aliphatic carbocycles. The zero-order valence-corrected chi connectivity index (χ0v) is 12.9. The van der Waals surface area contributed by atoms with Gasteiger partial charge in [0.25, 0.3) is 5.69 Å². The van der Waals surface area contributed by atoms with E-state index in [0.29, 0.717) is 12.2 Å². The summed E-state index contributed by atoms with van der Waals surface area (Å²) in [5.74, 6) is 0. The fourth-order valence-corrected chi connectivity index (χ4v) is 4.04. The highest BCUT2D eigenvalue weighted by atomic mass is 32.2. The van der Waals surface area contributed by atoms with E-state index in [9.17, 15) is 18.5 Å². The Bertz CT molecular complexity index is 653. The predicted octanol–water partition coefficient (Wildman–Crippen LogP) is 2.25. The predicted molar refractivity (Wildman–Crippen MR) is 79.8 cm³/mol. The summed E-state index contributed by atoms with van der Waals surface area (Å²) in [7, 11) is -3.80. The monoisotopic (exact) mass is 313 g/mol. The van der Waals surface area contributed by atoms with Crippen LogP contribution in [0.25, 0.3) is 0 Å². The highest BCUT2D eigenvalue weighted by Crippen LogP contribution is 2.34. The molecule has 116 valence electrons. The lowest BCUT2D eigenvalue weighted by atomic mass is 9.80. The van der Waals surface area contributed by atoms with Crippen LogP contribution in [0.2, 0.25) is 0 Å². The average molecular weight is 313 g/mol. The molecular formula is C13H19N3O4S. The van der Waals surface area contributed by atoms with Crippen molar-refractivity contribution in [1.82, 2.24) is 4.72 Å². The van der Waals surface area contributed by atoms with Gasteiger partial charge in [0.15, 0.2) is 0 Å². The lowest BCUT2D eigenvalue weighted by molar-refractivity contribution is -0.385. The van der Waals surface area contributed by atoms with Gasteiger partial charge in [-0.05, 0) is 39.2 Å². The molecule has 0 spiro atoms. The average Bonchev–Trinajstić information content (AvgIpc) is 2.37. The lowest BCUT2D eigenvalue weighted by Gasteiger charge is -2.38. The van der Waals surface area contributed by atoms with E-state index in [2.05, 4.69) is 10.0 Å². The number of anilines is 1. The summed E-state index contributed by atoms with van der Waals surface area (Å²) in [6.45, 7) is 4.20. The van der Waals surface area contributed by atoms with Gasteiger partial charge in [-0.1, -0.05) is 0 Å². The first-order chi connectivity index (χ1) is 9.77. The molecule has 0 bridgehead atoms. The molecule has 2 rings (SSSR count). The van der Waals surface area contributed by atoms with Crippen molar-refractivity contribution in [3.8, 4) is 0 Å². The minimum atomic E-state index is -3.80. The Morgan fingerprint density at radius 2 is 2.05 bits per heavy atom. The van der Waals surface area contributed by atoms with Crippen molar-refractivity contribution in [2.75, 3.05) is 11.9 Å². The molecule has 1 aliphatic rings. The Morgan fingerprint density at radius 1 is 1.38 bits per heavy atom. The first kappa shape index (κ1) is 15.7. The molecular weight excluding hydrogens is 294 g/mol. The molecule has 0 atom stereocenters. The molecule has 0 aromatic heterocycles. The quantitative estimate of drug-likeness (QED) is 0.619. The summed E-state index contributed by atoms with van der Waals surface area (Å²) in [6.07, 6.45) is 2.53. The van der Waals surface area contributed by atoms with Crippen molar-refractivity contribution in [3.63, 3.8) is 0 Å². The van der Waals surface area contributed by atoms with E-state index in [1.165, 1.54) is 12.1 Å². The number of non-ortho nitro benzene ring substituents is 1. The second-order valence-electron chi connectivity index (χ2n) is 5.49. The molecule has 7 nitrogen and oxygen atoms in total. The molecule has 0 heterocycles. The number of nitrogens with one attached hydrogen (secondary N) is 2. The van der Waals surface area contributed by atoms with E-state index in [-0.39, 0.29) is 10.6 Å². The van der Waals surface area contributed by atoms with Gasteiger partial charge in [-0.15, -0.1) is 0 Å². The molecule has 0 amide bonds. The summed E-state index contributed by atoms with van der Waals surface area (Å²) in [5.41, 5.74) is -0.318. The van der Waals surface area contributed by atoms with Gasteiger partial charge >= 0.3 is 0 Å². The summed E-state index contributed by atoms with van der Waals surface area (Å²) in [5, 5.41) is 13.8. The molecule has 1 saturated carbocycles. The second-order valence-corrected chi connectivity index (χ2v) is 7.14. The van der Waals surface area contributed by atoms with E-state index in [1.807, 2.05) is 13.8 Å². The minimum Gasteiger partial charge on any atom is -0.384 e. The highest BCUT2D eigenvalue weighted by molar-refractivity contribution is 7.89. The molecule has 0 radical (unpaired) electrons. The van der Waals surface area contributed by atoms with Crippen LogP contribution in [0, 0.1) is 10.1 Å². The molecule has 21 heavy (non-hydrogen) atoms. The normalized spacial score (nSPS) is 17.0. The largest absolute Gasteiger partial charge is 0.384 e. The Hall–Kier alpha value is -1.67. The lowest BCUT2D eigenvalue weighted by Crippen LogP contribution is -2.50. The van der Waals surface area contributed by atoms with Crippen molar-refractivity contribution in [2.24, 2.45) is 0 Å². The number of benzene rings is 1. The Kier molecular flexibility index (Phi) is 4.20. The Balaban J connectivity index is 2.43.